The maximum absolute atomic E-state index is 12.8. The Balaban J connectivity index is 0.00000264. The molecule has 2 rings (SSSR count). The number of nitrogens with one attached hydrogen (secondary N) is 2. The number of carbonyl (C=O) groups excluding carboxylic acids is 1. The number of halogens is 4. The number of alkyl halides is 3. The molecule has 1 aromatic carbocycles. The van der Waals surface area contributed by atoms with Gasteiger partial charge in [0.25, 0.3) is 0 Å². The molecule has 4 nitrogen and oxygen atoms in total. The van der Waals surface area contributed by atoms with E-state index in [1.165, 1.54) is 18.2 Å². The fraction of sp³-hybridized carbons (Fsp3) is 0.533. The number of benzene rings is 1. The van der Waals surface area contributed by atoms with Crippen LogP contribution in [0.5, 0.6) is 5.75 Å². The highest BCUT2D eigenvalue weighted by Crippen LogP contribution is 2.35. The third kappa shape index (κ3) is 6.27. The van der Waals surface area contributed by atoms with E-state index < -0.39 is 11.7 Å². The molecular weight excluding hydrogens is 333 g/mol. The van der Waals surface area contributed by atoms with Gasteiger partial charge in [-0.05, 0) is 31.5 Å². The summed E-state index contributed by atoms with van der Waals surface area (Å²) in [4.78, 5) is 11.6. The number of rotatable bonds is 6. The summed E-state index contributed by atoms with van der Waals surface area (Å²) in [6.07, 6.45) is -2.02. The molecule has 1 aromatic rings. The Labute approximate surface area is 139 Å². The van der Waals surface area contributed by atoms with E-state index in [1.54, 1.807) is 0 Å². The minimum absolute atomic E-state index is 0. The lowest BCUT2D eigenvalue weighted by Gasteiger charge is -2.14. The van der Waals surface area contributed by atoms with Crippen LogP contribution < -0.4 is 15.4 Å². The zero-order valence-corrected chi connectivity index (χ0v) is 13.3. The highest BCUT2D eigenvalue weighted by atomic mass is 35.5. The molecule has 0 aliphatic carbocycles. The Kier molecular flexibility index (Phi) is 7.64. The molecular formula is C15H20ClF3N2O2. The smallest absolute Gasteiger partial charge is 0.419 e. The molecule has 2 N–H and O–H groups in total. The largest absolute Gasteiger partial charge is 0.491 e. The van der Waals surface area contributed by atoms with Gasteiger partial charge in [-0.25, -0.2) is 0 Å². The Bertz CT molecular complexity index is 506. The first kappa shape index (κ1) is 19.6. The van der Waals surface area contributed by atoms with E-state index in [4.69, 9.17) is 4.74 Å². The summed E-state index contributed by atoms with van der Waals surface area (Å²) in [5, 5.41) is 5.86. The number of hydrogen-bond acceptors (Lipinski definition) is 3. The number of para-hydroxylation sites is 1. The maximum atomic E-state index is 12.8. The SMILES string of the molecule is Cl.O=C(CC1CCCN1)NCCOc1ccccc1C(F)(F)F. The van der Waals surface area contributed by atoms with E-state index >= 15 is 0 Å². The summed E-state index contributed by atoms with van der Waals surface area (Å²) in [7, 11) is 0. The molecule has 1 unspecified atom stereocenters. The molecule has 23 heavy (non-hydrogen) atoms. The summed E-state index contributed by atoms with van der Waals surface area (Å²) in [6.45, 7) is 1.10. The van der Waals surface area contributed by atoms with Gasteiger partial charge >= 0.3 is 6.18 Å². The van der Waals surface area contributed by atoms with Gasteiger partial charge in [-0.2, -0.15) is 13.2 Å². The van der Waals surface area contributed by atoms with Crippen molar-refractivity contribution in [1.29, 1.82) is 0 Å². The van der Waals surface area contributed by atoms with E-state index in [0.717, 1.165) is 25.5 Å². The summed E-state index contributed by atoms with van der Waals surface area (Å²) in [5.41, 5.74) is -0.809. The van der Waals surface area contributed by atoms with Gasteiger partial charge in [0, 0.05) is 12.5 Å². The second-order valence-electron chi connectivity index (χ2n) is 5.19. The predicted molar refractivity (Wildman–Crippen MR) is 82.8 cm³/mol. The van der Waals surface area contributed by atoms with E-state index in [9.17, 15) is 18.0 Å². The molecule has 130 valence electrons. The van der Waals surface area contributed by atoms with Gasteiger partial charge in [0.15, 0.2) is 0 Å². The van der Waals surface area contributed by atoms with Crippen molar-refractivity contribution in [2.45, 2.75) is 31.5 Å². The fourth-order valence-corrected chi connectivity index (χ4v) is 2.41. The number of carbonyl (C=O) groups is 1. The molecule has 1 saturated heterocycles. The lowest BCUT2D eigenvalue weighted by Crippen LogP contribution is -2.34. The van der Waals surface area contributed by atoms with E-state index in [0.29, 0.717) is 6.42 Å². The van der Waals surface area contributed by atoms with Crippen LogP contribution >= 0.6 is 12.4 Å². The second-order valence-corrected chi connectivity index (χ2v) is 5.19. The van der Waals surface area contributed by atoms with Crippen molar-refractivity contribution in [3.05, 3.63) is 29.8 Å². The Hall–Kier alpha value is -1.47. The summed E-state index contributed by atoms with van der Waals surface area (Å²) in [5.74, 6) is -0.339. The third-order valence-electron chi connectivity index (χ3n) is 3.47. The minimum Gasteiger partial charge on any atom is -0.491 e. The van der Waals surface area contributed by atoms with Crippen LogP contribution in [-0.2, 0) is 11.0 Å². The predicted octanol–water partition coefficient (Wildman–Crippen LogP) is 2.76. The van der Waals surface area contributed by atoms with Crippen molar-refractivity contribution in [1.82, 2.24) is 10.6 Å². The zero-order chi connectivity index (χ0) is 16.0. The molecule has 0 spiro atoms. The van der Waals surface area contributed by atoms with Crippen LogP contribution in [0.3, 0.4) is 0 Å². The quantitative estimate of drug-likeness (QED) is 0.774. The lowest BCUT2D eigenvalue weighted by atomic mass is 10.1. The van der Waals surface area contributed by atoms with Crippen LogP contribution in [0.2, 0.25) is 0 Å². The summed E-state index contributed by atoms with van der Waals surface area (Å²) in [6, 6.07) is 5.24. The fourth-order valence-electron chi connectivity index (χ4n) is 2.41. The van der Waals surface area contributed by atoms with Crippen molar-refractivity contribution in [2.24, 2.45) is 0 Å². The first-order valence-electron chi connectivity index (χ1n) is 7.26. The first-order chi connectivity index (χ1) is 10.5. The third-order valence-corrected chi connectivity index (χ3v) is 3.47. The van der Waals surface area contributed by atoms with E-state index in [-0.39, 0.29) is 43.3 Å². The van der Waals surface area contributed by atoms with E-state index in [2.05, 4.69) is 10.6 Å². The van der Waals surface area contributed by atoms with Crippen LogP contribution in [0.15, 0.2) is 24.3 Å². The standard InChI is InChI=1S/C15H19F3N2O2.ClH/c16-15(17,18)12-5-1-2-6-13(12)22-9-8-20-14(21)10-11-4-3-7-19-11;/h1-2,5-6,11,19H,3-4,7-10H2,(H,20,21);1H. The van der Waals surface area contributed by atoms with E-state index in [1.807, 2.05) is 0 Å². The van der Waals surface area contributed by atoms with Gasteiger partial charge in [-0.15, -0.1) is 12.4 Å². The molecule has 1 heterocycles. The Morgan fingerprint density at radius 2 is 2.09 bits per heavy atom. The molecule has 1 amide bonds. The molecule has 0 saturated carbocycles. The molecule has 1 atom stereocenters. The molecule has 1 fully saturated rings. The van der Waals surface area contributed by atoms with Crippen molar-refractivity contribution in [3.63, 3.8) is 0 Å². The first-order valence-corrected chi connectivity index (χ1v) is 7.26. The average Bonchev–Trinajstić information content (AvgIpc) is 2.96. The highest BCUT2D eigenvalue weighted by molar-refractivity contribution is 5.85. The van der Waals surface area contributed by atoms with Crippen molar-refractivity contribution >= 4 is 18.3 Å². The van der Waals surface area contributed by atoms with Gasteiger partial charge in [0.2, 0.25) is 5.91 Å². The minimum atomic E-state index is -4.45. The highest BCUT2D eigenvalue weighted by Gasteiger charge is 2.33. The summed E-state index contributed by atoms with van der Waals surface area (Å²) < 4.78 is 43.4. The van der Waals surface area contributed by atoms with Gasteiger partial charge in [-0.3, -0.25) is 4.79 Å². The average molecular weight is 353 g/mol. The van der Waals surface area contributed by atoms with Crippen molar-refractivity contribution in [3.8, 4) is 5.75 Å². The van der Waals surface area contributed by atoms with Crippen LogP contribution in [-0.4, -0.2) is 31.6 Å². The molecule has 1 aliphatic rings. The van der Waals surface area contributed by atoms with Crippen molar-refractivity contribution in [2.75, 3.05) is 19.7 Å². The Morgan fingerprint density at radius 3 is 2.74 bits per heavy atom. The maximum Gasteiger partial charge on any atom is 0.419 e. The molecule has 0 bridgehead atoms. The normalized spacial score (nSPS) is 17.4. The zero-order valence-electron chi connectivity index (χ0n) is 12.5. The van der Waals surface area contributed by atoms with Gasteiger partial charge < -0.3 is 15.4 Å². The molecule has 0 radical (unpaired) electrons. The Morgan fingerprint density at radius 1 is 1.35 bits per heavy atom. The monoisotopic (exact) mass is 352 g/mol. The van der Waals surface area contributed by atoms with Gasteiger partial charge in [-0.1, -0.05) is 12.1 Å². The van der Waals surface area contributed by atoms with Crippen molar-refractivity contribution < 1.29 is 22.7 Å². The van der Waals surface area contributed by atoms with Crippen LogP contribution in [0, 0.1) is 0 Å². The van der Waals surface area contributed by atoms with Crippen LogP contribution in [0.4, 0.5) is 13.2 Å². The summed E-state index contributed by atoms with van der Waals surface area (Å²) >= 11 is 0. The van der Waals surface area contributed by atoms with Crippen LogP contribution in [0.1, 0.15) is 24.8 Å². The molecule has 1 aliphatic heterocycles. The lowest BCUT2D eigenvalue weighted by molar-refractivity contribution is -0.139. The van der Waals surface area contributed by atoms with Crippen LogP contribution in [0.25, 0.3) is 0 Å². The number of hydrogen-bond donors (Lipinski definition) is 2. The molecule has 8 heteroatoms. The molecule has 0 aromatic heterocycles. The second kappa shape index (κ2) is 8.98. The number of amides is 1. The van der Waals surface area contributed by atoms with Gasteiger partial charge in [0.1, 0.15) is 12.4 Å². The van der Waals surface area contributed by atoms with Gasteiger partial charge in [0.05, 0.1) is 12.1 Å². The number of ether oxygens (including phenoxy) is 1. The topological polar surface area (TPSA) is 50.4 Å².